The van der Waals surface area contributed by atoms with Crippen LogP contribution in [0.4, 0.5) is 23.1 Å². The monoisotopic (exact) mass is 552 g/mol. The van der Waals surface area contributed by atoms with Gasteiger partial charge in [-0.1, -0.05) is 47.7 Å². The van der Waals surface area contributed by atoms with Crippen LogP contribution in [0, 0.1) is 0 Å². The van der Waals surface area contributed by atoms with Crippen LogP contribution in [0.25, 0.3) is 10.2 Å². The average Bonchev–Trinajstić information content (AvgIpc) is 3.22. The van der Waals surface area contributed by atoms with Gasteiger partial charge in [0.15, 0.2) is 5.13 Å². The molecule has 0 fully saturated rings. The topological polar surface area (TPSA) is 130 Å². The summed E-state index contributed by atoms with van der Waals surface area (Å²) in [5, 5.41) is 17.5. The number of hydrogen-bond donors (Lipinski definition) is 4. The number of nitrogens with one attached hydrogen (secondary N) is 3. The molecule has 0 saturated heterocycles. The number of thiazole rings is 1. The first-order valence-corrected chi connectivity index (χ1v) is 12.3. The van der Waals surface area contributed by atoms with Gasteiger partial charge in [0, 0.05) is 12.1 Å². The second-order valence-corrected chi connectivity index (χ2v) is 10.3. The van der Waals surface area contributed by atoms with Gasteiger partial charge in [0.25, 0.3) is 17.4 Å². The number of aliphatic hydroxyl groups is 1. The summed E-state index contributed by atoms with van der Waals surface area (Å²) in [4.78, 5) is 41.9. The molecule has 9 nitrogen and oxygen atoms in total. The Morgan fingerprint density at radius 2 is 1.74 bits per heavy atom. The van der Waals surface area contributed by atoms with Crippen molar-refractivity contribution >= 4 is 44.6 Å². The van der Waals surface area contributed by atoms with Gasteiger partial charge in [0.05, 0.1) is 10.2 Å². The van der Waals surface area contributed by atoms with Gasteiger partial charge in [-0.25, -0.2) is 9.78 Å². The van der Waals surface area contributed by atoms with Gasteiger partial charge in [-0.05, 0) is 45.4 Å². The number of carbonyl (C=O) groups is 3. The number of nitrogens with zero attached hydrogens (tertiary/aromatic N) is 1. The normalized spacial score (nSPS) is 14.3. The number of ether oxygens (including phenoxy) is 1. The molecule has 3 amide bonds. The van der Waals surface area contributed by atoms with Gasteiger partial charge in [0.1, 0.15) is 11.6 Å². The molecule has 1 unspecified atom stereocenters. The zero-order chi connectivity index (χ0) is 28.3. The second kappa shape index (κ2) is 11.0. The van der Waals surface area contributed by atoms with Crippen molar-refractivity contribution in [2.45, 2.75) is 51.1 Å². The minimum Gasteiger partial charge on any atom is -0.444 e. The third kappa shape index (κ3) is 6.40. The van der Waals surface area contributed by atoms with Crippen molar-refractivity contribution < 1.29 is 37.4 Å². The number of anilines is 1. The van der Waals surface area contributed by atoms with Crippen LogP contribution in [0.15, 0.2) is 48.5 Å². The first-order valence-electron chi connectivity index (χ1n) is 11.5. The molecule has 3 rings (SSSR count). The highest BCUT2D eigenvalue weighted by atomic mass is 32.1. The van der Waals surface area contributed by atoms with Gasteiger partial charge in [-0.15, -0.1) is 0 Å². The molecular formula is C25H27F3N4O5S. The predicted molar refractivity (Wildman–Crippen MR) is 135 cm³/mol. The van der Waals surface area contributed by atoms with Gasteiger partial charge >= 0.3 is 12.3 Å². The Bertz CT molecular complexity index is 1320. The molecule has 1 aromatic heterocycles. The molecular weight excluding hydrogens is 525 g/mol. The predicted octanol–water partition coefficient (Wildman–Crippen LogP) is 4.39. The number of hydrogen-bond acceptors (Lipinski definition) is 7. The van der Waals surface area contributed by atoms with Crippen LogP contribution in [-0.4, -0.2) is 46.3 Å². The highest BCUT2D eigenvalue weighted by molar-refractivity contribution is 7.22. The summed E-state index contributed by atoms with van der Waals surface area (Å²) in [7, 11) is 0. The van der Waals surface area contributed by atoms with E-state index in [1.165, 1.54) is 13.0 Å². The number of rotatable bonds is 7. The van der Waals surface area contributed by atoms with Gasteiger partial charge in [-0.2, -0.15) is 13.2 Å². The summed E-state index contributed by atoms with van der Waals surface area (Å²) in [6.07, 6.45) is -6.12. The average molecular weight is 553 g/mol. The second-order valence-electron chi connectivity index (χ2n) is 9.25. The number of carbonyl (C=O) groups excluding carboxylic acids is 3. The van der Waals surface area contributed by atoms with Crippen molar-refractivity contribution in [1.82, 2.24) is 15.6 Å². The van der Waals surface area contributed by atoms with Crippen molar-refractivity contribution in [3.63, 3.8) is 0 Å². The number of alkyl halides is 3. The Labute approximate surface area is 220 Å². The van der Waals surface area contributed by atoms with Crippen LogP contribution in [0.3, 0.4) is 0 Å². The fourth-order valence-corrected chi connectivity index (χ4v) is 4.37. The lowest BCUT2D eigenvalue weighted by molar-refractivity contribution is -0.256. The summed E-state index contributed by atoms with van der Waals surface area (Å²) in [5.41, 5.74) is -4.60. The molecule has 0 aliphatic rings. The third-order valence-electron chi connectivity index (χ3n) is 5.17. The largest absolute Gasteiger partial charge is 0.444 e. The van der Waals surface area contributed by atoms with Gasteiger partial charge < -0.3 is 20.5 Å². The number of aromatic nitrogens is 1. The van der Waals surface area contributed by atoms with Crippen LogP contribution >= 0.6 is 11.3 Å². The van der Waals surface area contributed by atoms with E-state index in [9.17, 15) is 32.7 Å². The number of benzene rings is 2. The molecule has 2 atom stereocenters. The molecule has 38 heavy (non-hydrogen) atoms. The highest BCUT2D eigenvalue weighted by Gasteiger charge is 2.60. The maximum absolute atomic E-state index is 13.8. The third-order valence-corrected chi connectivity index (χ3v) is 6.10. The molecule has 3 aromatic rings. The summed E-state index contributed by atoms with van der Waals surface area (Å²) in [6, 6.07) is 10.4. The molecule has 0 radical (unpaired) electrons. The number of fused-ring (bicyclic) bond motifs is 1. The molecule has 1 heterocycles. The molecule has 0 aliphatic carbocycles. The first-order chi connectivity index (χ1) is 17.7. The lowest BCUT2D eigenvalue weighted by atomic mass is 9.92. The summed E-state index contributed by atoms with van der Waals surface area (Å²) >= 11 is 0.836. The number of likely N-dealkylation sites (N-methyl/N-ethyl adjacent to an activating group) is 1. The SMILES string of the molecule is CCNC(=O)C(O)(c1ccc2nc(NC(=O)[C@@H](NC(=O)OC(C)(C)C)c3ccccc3)sc2c1)C(F)(F)F. The van der Waals surface area contributed by atoms with E-state index in [4.69, 9.17) is 4.74 Å². The van der Waals surface area contributed by atoms with Gasteiger partial charge in [-0.3, -0.25) is 14.9 Å². The Morgan fingerprint density at radius 3 is 2.32 bits per heavy atom. The highest BCUT2D eigenvalue weighted by Crippen LogP contribution is 2.41. The zero-order valence-electron chi connectivity index (χ0n) is 21.0. The summed E-state index contributed by atoms with van der Waals surface area (Å²) < 4.78 is 46.8. The Balaban J connectivity index is 1.91. The summed E-state index contributed by atoms with van der Waals surface area (Å²) in [5.74, 6) is -2.28. The van der Waals surface area contributed by atoms with Crippen LogP contribution in [0.5, 0.6) is 0 Å². The molecule has 13 heteroatoms. The molecule has 2 aromatic carbocycles. The van der Waals surface area contributed by atoms with E-state index in [1.54, 1.807) is 51.1 Å². The smallest absolute Gasteiger partial charge is 0.430 e. The maximum atomic E-state index is 13.8. The van der Waals surface area contributed by atoms with E-state index in [-0.39, 0.29) is 21.9 Å². The number of amides is 3. The van der Waals surface area contributed by atoms with Crippen molar-refractivity contribution in [2.75, 3.05) is 11.9 Å². The van der Waals surface area contributed by atoms with Crippen LogP contribution < -0.4 is 16.0 Å². The van der Waals surface area contributed by atoms with Gasteiger partial charge in [0.2, 0.25) is 0 Å². The van der Waals surface area contributed by atoms with E-state index in [1.807, 2.05) is 5.32 Å². The number of halogens is 3. The standard InChI is InChI=1S/C25H27F3N4O5S/c1-5-29-20(34)24(36,25(26,27)28)15-11-12-16-17(13-15)38-21(30-16)32-19(33)18(14-9-7-6-8-10-14)31-22(35)37-23(2,3)4/h6-13,18,36H,5H2,1-4H3,(H,29,34)(H,31,35)(H,30,32,33)/t18-,24?/m0/s1. The summed E-state index contributed by atoms with van der Waals surface area (Å²) in [6.45, 7) is 6.33. The Morgan fingerprint density at radius 1 is 1.08 bits per heavy atom. The molecule has 0 aliphatic heterocycles. The van der Waals surface area contributed by atoms with E-state index in [2.05, 4.69) is 15.6 Å². The van der Waals surface area contributed by atoms with E-state index in [0.717, 1.165) is 23.5 Å². The molecule has 0 bridgehead atoms. The minimum atomic E-state index is -5.29. The van der Waals surface area contributed by atoms with Crippen LogP contribution in [0.2, 0.25) is 0 Å². The Kier molecular flexibility index (Phi) is 8.32. The van der Waals surface area contributed by atoms with Crippen molar-refractivity contribution in [3.8, 4) is 0 Å². The first kappa shape index (κ1) is 28.9. The maximum Gasteiger partial charge on any atom is 0.430 e. The van der Waals surface area contributed by atoms with E-state index < -0.39 is 46.9 Å². The lowest BCUT2D eigenvalue weighted by Crippen LogP contribution is -2.54. The van der Waals surface area contributed by atoms with E-state index >= 15 is 0 Å². The van der Waals surface area contributed by atoms with Crippen LogP contribution in [-0.2, 0) is 19.9 Å². The van der Waals surface area contributed by atoms with Crippen molar-refractivity contribution in [1.29, 1.82) is 0 Å². The van der Waals surface area contributed by atoms with Crippen molar-refractivity contribution in [3.05, 3.63) is 59.7 Å². The fraction of sp³-hybridized carbons (Fsp3) is 0.360. The number of alkyl carbamates (subject to hydrolysis) is 1. The molecule has 4 N–H and O–H groups in total. The molecule has 0 saturated carbocycles. The quantitative estimate of drug-likeness (QED) is 0.344. The van der Waals surface area contributed by atoms with Crippen molar-refractivity contribution in [2.24, 2.45) is 0 Å². The Hall–Kier alpha value is -3.71. The lowest BCUT2D eigenvalue weighted by Gasteiger charge is -2.29. The zero-order valence-corrected chi connectivity index (χ0v) is 21.8. The molecule has 0 spiro atoms. The molecule has 204 valence electrons. The van der Waals surface area contributed by atoms with Crippen LogP contribution in [0.1, 0.15) is 44.9 Å². The van der Waals surface area contributed by atoms with E-state index in [0.29, 0.717) is 5.56 Å². The fourth-order valence-electron chi connectivity index (χ4n) is 3.46. The minimum absolute atomic E-state index is 0.0302.